The van der Waals surface area contributed by atoms with Gasteiger partial charge in [0.2, 0.25) is 0 Å². The summed E-state index contributed by atoms with van der Waals surface area (Å²) in [6.07, 6.45) is 2.46. The number of likely N-dealkylation sites (N-methyl/N-ethyl adjacent to an activating group) is 1. The number of aromatic nitrogens is 3. The maximum absolute atomic E-state index is 11.4. The molecule has 0 saturated carbocycles. The van der Waals surface area contributed by atoms with Crippen LogP contribution in [0, 0.1) is 13.8 Å². The lowest BCUT2D eigenvalue weighted by Gasteiger charge is -2.28. The first-order valence-corrected chi connectivity index (χ1v) is 9.70. The van der Waals surface area contributed by atoms with Crippen molar-refractivity contribution in [1.29, 1.82) is 0 Å². The van der Waals surface area contributed by atoms with E-state index in [1.165, 1.54) is 4.52 Å². The summed E-state index contributed by atoms with van der Waals surface area (Å²) in [7, 11) is 1.90. The molecule has 2 heterocycles. The number of aryl methyl sites for hydroxylation is 1. The van der Waals surface area contributed by atoms with Crippen molar-refractivity contribution in [1.82, 2.24) is 19.9 Å². The van der Waals surface area contributed by atoms with Crippen LogP contribution in [-0.4, -0.2) is 47.1 Å². The monoisotopic (exact) mass is 396 g/mol. The quantitative estimate of drug-likeness (QED) is 0.565. The van der Waals surface area contributed by atoms with Crippen LogP contribution in [0.5, 0.6) is 5.75 Å². The van der Waals surface area contributed by atoms with Gasteiger partial charge in [-0.25, -0.2) is 9.50 Å². The summed E-state index contributed by atoms with van der Waals surface area (Å²) in [6, 6.07) is 5.92. The van der Waals surface area contributed by atoms with Gasteiger partial charge in [-0.2, -0.15) is 0 Å². The molecule has 154 valence electrons. The number of nitrogens with one attached hydrogen (secondary N) is 1. The molecule has 0 aliphatic carbocycles. The van der Waals surface area contributed by atoms with Gasteiger partial charge in [0.25, 0.3) is 0 Å². The van der Waals surface area contributed by atoms with Crippen molar-refractivity contribution >= 4 is 29.3 Å². The first kappa shape index (κ1) is 20.6. The van der Waals surface area contributed by atoms with Crippen LogP contribution in [0.1, 0.15) is 35.3 Å². The van der Waals surface area contributed by atoms with Crippen LogP contribution in [0.25, 0.3) is 5.65 Å². The smallest absolute Gasteiger partial charge is 0.170 e. The van der Waals surface area contributed by atoms with E-state index in [1.807, 2.05) is 26.1 Å². The normalized spacial score (nSPS) is 12.2. The van der Waals surface area contributed by atoms with Crippen LogP contribution < -0.4 is 20.7 Å². The summed E-state index contributed by atoms with van der Waals surface area (Å²) in [4.78, 5) is 18.2. The van der Waals surface area contributed by atoms with E-state index in [0.717, 1.165) is 29.1 Å². The third-order valence-electron chi connectivity index (χ3n) is 5.00. The molecule has 0 spiro atoms. The van der Waals surface area contributed by atoms with E-state index in [9.17, 15) is 4.79 Å². The number of rotatable bonds is 8. The third kappa shape index (κ3) is 3.88. The van der Waals surface area contributed by atoms with E-state index in [1.54, 1.807) is 6.20 Å². The predicted molar refractivity (Wildman–Crippen MR) is 115 cm³/mol. The molecule has 3 N–H and O–H groups in total. The van der Waals surface area contributed by atoms with Gasteiger partial charge in [0.05, 0.1) is 5.69 Å². The Morgan fingerprint density at radius 2 is 2.10 bits per heavy atom. The highest BCUT2D eigenvalue weighted by Crippen LogP contribution is 2.38. The zero-order chi connectivity index (χ0) is 21.1. The number of aldehydes is 1. The molecule has 0 aliphatic heterocycles. The number of nitrogens with two attached hydrogens (primary N) is 1. The Bertz CT molecular complexity index is 1030. The second kappa shape index (κ2) is 8.48. The summed E-state index contributed by atoms with van der Waals surface area (Å²) in [6.45, 7) is 9.65. The lowest BCUT2D eigenvalue weighted by Crippen LogP contribution is -2.27. The Labute approximate surface area is 170 Å². The molecule has 2 aromatic heterocycles. The molecule has 0 amide bonds. The fourth-order valence-corrected chi connectivity index (χ4v) is 3.40. The molecule has 1 aromatic carbocycles. The van der Waals surface area contributed by atoms with Gasteiger partial charge in [-0.15, -0.1) is 5.10 Å². The van der Waals surface area contributed by atoms with Crippen LogP contribution in [0.4, 0.5) is 17.3 Å². The summed E-state index contributed by atoms with van der Waals surface area (Å²) in [5.74, 6) is 1.66. The fraction of sp³-hybridized carbons (Fsp3) is 0.381. The van der Waals surface area contributed by atoms with Crippen LogP contribution in [0.15, 0.2) is 24.4 Å². The van der Waals surface area contributed by atoms with Crippen molar-refractivity contribution in [3.63, 3.8) is 0 Å². The molecule has 0 aliphatic rings. The molecular formula is C21H28N6O2. The molecular weight excluding hydrogens is 368 g/mol. The molecule has 3 rings (SSSR count). The fourth-order valence-electron chi connectivity index (χ4n) is 3.40. The summed E-state index contributed by atoms with van der Waals surface area (Å²) in [5, 5.41) is 7.28. The largest absolute Gasteiger partial charge is 0.487 e. The predicted octanol–water partition coefficient (Wildman–Crippen LogP) is 2.89. The van der Waals surface area contributed by atoms with E-state index >= 15 is 0 Å². The lowest BCUT2D eigenvalue weighted by atomic mass is 10.1. The molecule has 8 heteroatoms. The minimum absolute atomic E-state index is 0.00583. The summed E-state index contributed by atoms with van der Waals surface area (Å²) in [5.41, 5.74) is 9.82. The highest BCUT2D eigenvalue weighted by molar-refractivity contribution is 5.91. The molecule has 8 nitrogen and oxygen atoms in total. The van der Waals surface area contributed by atoms with Crippen molar-refractivity contribution in [2.75, 3.05) is 30.8 Å². The SMILES string of the molecule is CCN(c1ccn2nc(N)c(C=O)c2n1)c1c(OC(C)CNC)ccc(C)c1C. The molecule has 29 heavy (non-hydrogen) atoms. The Kier molecular flexibility index (Phi) is 6.03. The second-order valence-electron chi connectivity index (χ2n) is 7.06. The van der Waals surface area contributed by atoms with Gasteiger partial charge in [0, 0.05) is 19.3 Å². The van der Waals surface area contributed by atoms with Crippen LogP contribution in [0.2, 0.25) is 0 Å². The van der Waals surface area contributed by atoms with Crippen LogP contribution in [0.3, 0.4) is 0 Å². The molecule has 0 saturated heterocycles. The number of nitrogens with zero attached hydrogens (tertiary/aromatic N) is 4. The van der Waals surface area contributed by atoms with E-state index in [-0.39, 0.29) is 11.9 Å². The number of carbonyl (C=O) groups excluding carboxylic acids is 1. The topological polar surface area (TPSA) is 97.8 Å². The average molecular weight is 396 g/mol. The zero-order valence-electron chi connectivity index (χ0n) is 17.6. The van der Waals surface area contributed by atoms with Gasteiger partial charge in [-0.05, 0) is 58.0 Å². The van der Waals surface area contributed by atoms with E-state index in [0.29, 0.717) is 29.9 Å². The zero-order valence-corrected chi connectivity index (χ0v) is 17.6. The van der Waals surface area contributed by atoms with Gasteiger partial charge >= 0.3 is 0 Å². The van der Waals surface area contributed by atoms with Gasteiger partial charge in [-0.1, -0.05) is 6.07 Å². The number of nitrogen functional groups attached to an aromatic ring is 1. The van der Waals surface area contributed by atoms with Crippen molar-refractivity contribution in [2.45, 2.75) is 33.8 Å². The van der Waals surface area contributed by atoms with Crippen molar-refractivity contribution < 1.29 is 9.53 Å². The van der Waals surface area contributed by atoms with Crippen molar-refractivity contribution in [2.24, 2.45) is 0 Å². The molecule has 3 aromatic rings. The lowest BCUT2D eigenvalue weighted by molar-refractivity contribution is 0.112. The summed E-state index contributed by atoms with van der Waals surface area (Å²) < 4.78 is 7.76. The number of hydrogen-bond acceptors (Lipinski definition) is 7. The van der Waals surface area contributed by atoms with Gasteiger partial charge in [0.15, 0.2) is 17.8 Å². The average Bonchev–Trinajstić information content (AvgIpc) is 3.02. The Hall–Kier alpha value is -3.13. The summed E-state index contributed by atoms with van der Waals surface area (Å²) >= 11 is 0. The molecule has 0 bridgehead atoms. The molecule has 0 fully saturated rings. The standard InChI is InChI=1S/C21H28N6O2/c1-6-26(18-9-10-27-21(24-18)16(12-28)20(22)25-27)19-15(4)13(2)7-8-17(19)29-14(3)11-23-5/h7-10,12,14,23H,6,11H2,1-5H3,(H2,22,25). The Morgan fingerprint density at radius 3 is 2.76 bits per heavy atom. The Balaban J connectivity index is 2.13. The minimum atomic E-state index is 0.00583. The first-order chi connectivity index (χ1) is 13.9. The van der Waals surface area contributed by atoms with E-state index in [2.05, 4.69) is 47.1 Å². The second-order valence-corrected chi connectivity index (χ2v) is 7.06. The molecule has 1 unspecified atom stereocenters. The van der Waals surface area contributed by atoms with Crippen molar-refractivity contribution in [3.05, 3.63) is 41.1 Å². The van der Waals surface area contributed by atoms with Crippen LogP contribution in [-0.2, 0) is 0 Å². The first-order valence-electron chi connectivity index (χ1n) is 9.70. The van der Waals surface area contributed by atoms with E-state index < -0.39 is 0 Å². The van der Waals surface area contributed by atoms with Gasteiger partial charge in [0.1, 0.15) is 23.2 Å². The minimum Gasteiger partial charge on any atom is -0.487 e. The maximum Gasteiger partial charge on any atom is 0.170 e. The third-order valence-corrected chi connectivity index (χ3v) is 5.00. The Morgan fingerprint density at radius 1 is 1.34 bits per heavy atom. The number of hydrogen-bond donors (Lipinski definition) is 2. The number of fused-ring (bicyclic) bond motifs is 1. The highest BCUT2D eigenvalue weighted by atomic mass is 16.5. The molecule has 1 atom stereocenters. The molecule has 0 radical (unpaired) electrons. The number of anilines is 3. The number of benzene rings is 1. The highest BCUT2D eigenvalue weighted by Gasteiger charge is 2.21. The number of ether oxygens (including phenoxy) is 1. The van der Waals surface area contributed by atoms with Gasteiger partial charge < -0.3 is 20.7 Å². The van der Waals surface area contributed by atoms with Gasteiger partial charge in [-0.3, -0.25) is 4.79 Å². The maximum atomic E-state index is 11.4. The van der Waals surface area contributed by atoms with E-state index in [4.69, 9.17) is 10.5 Å². The van der Waals surface area contributed by atoms with Crippen LogP contribution >= 0.6 is 0 Å². The van der Waals surface area contributed by atoms with Crippen molar-refractivity contribution in [3.8, 4) is 5.75 Å². The number of carbonyl (C=O) groups is 1.